The number of nitrogens with zero attached hydrogens (tertiary/aromatic N) is 2. The molecule has 6 heteroatoms. The van der Waals surface area contributed by atoms with Crippen molar-refractivity contribution in [2.24, 2.45) is 0 Å². The number of carbonyl (C=O) groups excluding carboxylic acids is 2. The van der Waals surface area contributed by atoms with Gasteiger partial charge in [0.1, 0.15) is 0 Å². The van der Waals surface area contributed by atoms with Crippen molar-refractivity contribution in [2.45, 2.75) is 13.5 Å². The van der Waals surface area contributed by atoms with Gasteiger partial charge >= 0.3 is 0 Å². The summed E-state index contributed by atoms with van der Waals surface area (Å²) in [6.45, 7) is 2.41. The van der Waals surface area contributed by atoms with E-state index in [0.717, 1.165) is 16.7 Å². The lowest BCUT2D eigenvalue weighted by molar-refractivity contribution is 0.0952. The van der Waals surface area contributed by atoms with Gasteiger partial charge in [-0.2, -0.15) is 0 Å². The summed E-state index contributed by atoms with van der Waals surface area (Å²) in [4.78, 5) is 34.0. The van der Waals surface area contributed by atoms with Gasteiger partial charge < -0.3 is 10.6 Å². The fourth-order valence-electron chi connectivity index (χ4n) is 3.15. The molecule has 0 bridgehead atoms. The summed E-state index contributed by atoms with van der Waals surface area (Å²) in [6.07, 6.45) is 2.95. The van der Waals surface area contributed by atoms with Crippen LogP contribution in [0, 0.1) is 6.92 Å². The molecule has 6 nitrogen and oxygen atoms in total. The van der Waals surface area contributed by atoms with Crippen LogP contribution in [0.25, 0.3) is 11.4 Å². The van der Waals surface area contributed by atoms with E-state index in [2.05, 4.69) is 20.6 Å². The topological polar surface area (TPSA) is 84.0 Å². The average molecular weight is 422 g/mol. The maximum absolute atomic E-state index is 12.7. The van der Waals surface area contributed by atoms with Gasteiger partial charge in [-0.25, -0.2) is 9.97 Å². The molecule has 0 aliphatic rings. The van der Waals surface area contributed by atoms with Crippen molar-refractivity contribution >= 4 is 17.5 Å². The number of hydrogen-bond donors (Lipinski definition) is 2. The Kier molecular flexibility index (Phi) is 6.32. The minimum Gasteiger partial charge on any atom is -0.348 e. The number of amides is 2. The number of hydrogen-bond acceptors (Lipinski definition) is 4. The molecule has 0 fully saturated rings. The molecule has 0 aliphatic heterocycles. The lowest BCUT2D eigenvalue weighted by Gasteiger charge is -2.12. The van der Waals surface area contributed by atoms with Crippen LogP contribution < -0.4 is 10.6 Å². The van der Waals surface area contributed by atoms with E-state index >= 15 is 0 Å². The largest absolute Gasteiger partial charge is 0.348 e. The molecule has 0 radical (unpaired) electrons. The summed E-state index contributed by atoms with van der Waals surface area (Å²) >= 11 is 0. The first-order valence-electron chi connectivity index (χ1n) is 10.2. The Hall–Kier alpha value is -4.32. The average Bonchev–Trinajstić information content (AvgIpc) is 2.84. The normalized spacial score (nSPS) is 10.4. The van der Waals surface area contributed by atoms with Crippen molar-refractivity contribution in [3.63, 3.8) is 0 Å². The molecule has 0 atom stereocenters. The molecular weight excluding hydrogens is 400 g/mol. The first-order valence-corrected chi connectivity index (χ1v) is 10.2. The zero-order chi connectivity index (χ0) is 22.3. The third kappa shape index (κ3) is 5.05. The lowest BCUT2D eigenvalue weighted by atomic mass is 10.1. The first-order chi connectivity index (χ1) is 15.6. The third-order valence-electron chi connectivity index (χ3n) is 4.94. The predicted molar refractivity (Wildman–Crippen MR) is 124 cm³/mol. The van der Waals surface area contributed by atoms with Crippen molar-refractivity contribution < 1.29 is 9.59 Å². The fourth-order valence-corrected chi connectivity index (χ4v) is 3.15. The zero-order valence-electron chi connectivity index (χ0n) is 17.6. The SMILES string of the molecule is Cc1ccc(CNC(=O)c2ccccc2NC(=O)c2cnc(-c3ccccc3)nc2)cc1. The summed E-state index contributed by atoms with van der Waals surface area (Å²) in [5.41, 5.74) is 4.14. The highest BCUT2D eigenvalue weighted by Gasteiger charge is 2.15. The molecule has 0 saturated heterocycles. The van der Waals surface area contributed by atoms with E-state index in [9.17, 15) is 9.59 Å². The highest BCUT2D eigenvalue weighted by atomic mass is 16.2. The van der Waals surface area contributed by atoms with E-state index in [-0.39, 0.29) is 11.8 Å². The van der Waals surface area contributed by atoms with E-state index in [1.54, 1.807) is 24.3 Å². The monoisotopic (exact) mass is 422 g/mol. The molecule has 4 rings (SSSR count). The number of benzene rings is 3. The molecule has 4 aromatic rings. The Morgan fingerprint density at radius 3 is 2.16 bits per heavy atom. The third-order valence-corrected chi connectivity index (χ3v) is 4.94. The second kappa shape index (κ2) is 9.66. The number of aromatic nitrogens is 2. The highest BCUT2D eigenvalue weighted by Crippen LogP contribution is 2.18. The summed E-state index contributed by atoms with van der Waals surface area (Å²) < 4.78 is 0. The smallest absolute Gasteiger partial charge is 0.258 e. The number of nitrogens with one attached hydrogen (secondary N) is 2. The van der Waals surface area contributed by atoms with Gasteiger partial charge in [0.05, 0.1) is 16.8 Å². The highest BCUT2D eigenvalue weighted by molar-refractivity contribution is 6.08. The molecule has 0 saturated carbocycles. The second-order valence-electron chi connectivity index (χ2n) is 7.33. The first kappa shape index (κ1) is 20.9. The lowest BCUT2D eigenvalue weighted by Crippen LogP contribution is -2.25. The Morgan fingerprint density at radius 1 is 0.781 bits per heavy atom. The van der Waals surface area contributed by atoms with Crippen LogP contribution in [-0.4, -0.2) is 21.8 Å². The van der Waals surface area contributed by atoms with Crippen molar-refractivity contribution in [2.75, 3.05) is 5.32 Å². The van der Waals surface area contributed by atoms with Crippen molar-refractivity contribution in [3.8, 4) is 11.4 Å². The molecule has 2 amide bonds. The number of carbonyl (C=O) groups is 2. The number of anilines is 1. The second-order valence-corrected chi connectivity index (χ2v) is 7.33. The molecule has 3 aromatic carbocycles. The van der Waals surface area contributed by atoms with E-state index in [1.807, 2.05) is 61.5 Å². The Labute approximate surface area is 186 Å². The van der Waals surface area contributed by atoms with Gasteiger partial charge in [0.25, 0.3) is 11.8 Å². The standard InChI is InChI=1S/C26H22N4O2/c1-18-11-13-19(14-12-18)15-29-26(32)22-9-5-6-10-23(22)30-25(31)21-16-27-24(28-17-21)20-7-3-2-4-8-20/h2-14,16-17H,15H2,1H3,(H,29,32)(H,30,31). The van der Waals surface area contributed by atoms with E-state index in [4.69, 9.17) is 0 Å². The molecule has 1 heterocycles. The van der Waals surface area contributed by atoms with Crippen molar-refractivity contribution in [3.05, 3.63) is 114 Å². The molecular formula is C26H22N4O2. The summed E-state index contributed by atoms with van der Waals surface area (Å²) in [6, 6.07) is 24.4. The molecule has 32 heavy (non-hydrogen) atoms. The molecule has 0 aliphatic carbocycles. The van der Waals surface area contributed by atoms with Gasteiger partial charge in [-0.1, -0.05) is 72.3 Å². The summed E-state index contributed by atoms with van der Waals surface area (Å²) in [5.74, 6) is -0.112. The summed E-state index contributed by atoms with van der Waals surface area (Å²) in [5, 5.41) is 5.69. The van der Waals surface area contributed by atoms with Crippen LogP contribution >= 0.6 is 0 Å². The van der Waals surface area contributed by atoms with Gasteiger partial charge in [0.2, 0.25) is 0 Å². The van der Waals surface area contributed by atoms with Crippen LogP contribution in [0.5, 0.6) is 0 Å². The summed E-state index contributed by atoms with van der Waals surface area (Å²) in [7, 11) is 0. The molecule has 0 spiro atoms. The van der Waals surface area contributed by atoms with E-state index < -0.39 is 0 Å². The van der Waals surface area contributed by atoms with Gasteiger partial charge in [0.15, 0.2) is 5.82 Å². The molecule has 2 N–H and O–H groups in total. The van der Waals surface area contributed by atoms with Crippen molar-refractivity contribution in [1.82, 2.24) is 15.3 Å². The molecule has 158 valence electrons. The quantitative estimate of drug-likeness (QED) is 0.474. The Balaban J connectivity index is 1.44. The number of aryl methyl sites for hydroxylation is 1. The zero-order valence-corrected chi connectivity index (χ0v) is 17.6. The molecule has 1 aromatic heterocycles. The van der Waals surface area contributed by atoms with E-state index in [1.165, 1.54) is 12.4 Å². The van der Waals surface area contributed by atoms with Gasteiger partial charge in [-0.3, -0.25) is 9.59 Å². The van der Waals surface area contributed by atoms with Crippen LogP contribution in [0.2, 0.25) is 0 Å². The predicted octanol–water partition coefficient (Wildman–Crippen LogP) is 4.63. The minimum atomic E-state index is -0.386. The minimum absolute atomic E-state index is 0.267. The van der Waals surface area contributed by atoms with Gasteiger partial charge in [0, 0.05) is 24.5 Å². The Morgan fingerprint density at radius 2 is 1.44 bits per heavy atom. The van der Waals surface area contributed by atoms with Crippen LogP contribution in [0.15, 0.2) is 91.3 Å². The molecule has 0 unspecified atom stereocenters. The Bertz CT molecular complexity index is 1220. The van der Waals surface area contributed by atoms with Crippen LogP contribution in [0.3, 0.4) is 0 Å². The maximum atomic E-state index is 12.7. The number of para-hydroxylation sites is 1. The maximum Gasteiger partial charge on any atom is 0.258 e. The fraction of sp³-hybridized carbons (Fsp3) is 0.0769. The van der Waals surface area contributed by atoms with Crippen LogP contribution in [0.4, 0.5) is 5.69 Å². The number of rotatable bonds is 6. The van der Waals surface area contributed by atoms with Gasteiger partial charge in [-0.05, 0) is 24.6 Å². The van der Waals surface area contributed by atoms with E-state index in [0.29, 0.717) is 29.2 Å². The van der Waals surface area contributed by atoms with Crippen LogP contribution in [-0.2, 0) is 6.54 Å². The van der Waals surface area contributed by atoms with Crippen molar-refractivity contribution in [1.29, 1.82) is 0 Å². The van der Waals surface area contributed by atoms with Crippen LogP contribution in [0.1, 0.15) is 31.8 Å². The van der Waals surface area contributed by atoms with Gasteiger partial charge in [-0.15, -0.1) is 0 Å².